The van der Waals surface area contributed by atoms with Crippen LogP contribution in [0.3, 0.4) is 0 Å². The van der Waals surface area contributed by atoms with Gasteiger partial charge >= 0.3 is 0 Å². The molecule has 1 atom stereocenters. The lowest BCUT2D eigenvalue weighted by molar-refractivity contribution is -0.131. The summed E-state index contributed by atoms with van der Waals surface area (Å²) in [5.74, 6) is 0.120. The molecule has 6 nitrogen and oxygen atoms in total. The lowest BCUT2D eigenvalue weighted by atomic mass is 10.0. The van der Waals surface area contributed by atoms with Gasteiger partial charge in [-0.2, -0.15) is 5.26 Å². The number of amides is 1. The molecule has 2 aromatic carbocycles. The average Bonchev–Trinajstić information content (AvgIpc) is 2.91. The molecule has 30 heavy (non-hydrogen) atoms. The molecule has 0 aliphatic carbocycles. The number of hydrogen-bond donors (Lipinski definition) is 1. The molecule has 0 spiro atoms. The predicted molar refractivity (Wildman–Crippen MR) is 120 cm³/mol. The molecule has 0 fully saturated rings. The molecule has 1 heterocycles. The molecular weight excluding hydrogens is 374 g/mol. The first kappa shape index (κ1) is 21.8. The molecule has 0 radical (unpaired) electrons. The fourth-order valence-corrected chi connectivity index (χ4v) is 3.71. The molecule has 158 valence electrons. The second kappa shape index (κ2) is 10.2. The summed E-state index contributed by atoms with van der Waals surface area (Å²) in [6.45, 7) is 3.30. The Kier molecular flexibility index (Phi) is 7.45. The van der Waals surface area contributed by atoms with Gasteiger partial charge in [-0.1, -0.05) is 30.3 Å². The second-order valence-electron chi connectivity index (χ2n) is 8.23. The summed E-state index contributed by atoms with van der Waals surface area (Å²) >= 11 is 0. The summed E-state index contributed by atoms with van der Waals surface area (Å²) in [4.78, 5) is 19.1. The van der Waals surface area contributed by atoms with Crippen LogP contribution in [0.4, 0.5) is 5.69 Å². The minimum Gasteiger partial charge on any atom is -0.383 e. The van der Waals surface area contributed by atoms with Crippen molar-refractivity contribution >= 4 is 11.6 Å². The molecule has 2 aromatic rings. The van der Waals surface area contributed by atoms with Crippen molar-refractivity contribution < 1.29 is 4.79 Å². The molecule has 0 saturated carbocycles. The van der Waals surface area contributed by atoms with E-state index in [1.165, 1.54) is 5.56 Å². The van der Waals surface area contributed by atoms with Gasteiger partial charge in [0.1, 0.15) is 0 Å². The van der Waals surface area contributed by atoms with Gasteiger partial charge < -0.3 is 15.1 Å². The van der Waals surface area contributed by atoms with Crippen molar-refractivity contribution in [3.05, 3.63) is 65.2 Å². The summed E-state index contributed by atoms with van der Waals surface area (Å²) in [5, 5.41) is 12.8. The molecular formula is C24H31N5O. The van der Waals surface area contributed by atoms with Gasteiger partial charge in [0.25, 0.3) is 0 Å². The van der Waals surface area contributed by atoms with Gasteiger partial charge in [0.05, 0.1) is 18.2 Å². The Hall–Kier alpha value is -2.88. The van der Waals surface area contributed by atoms with E-state index in [9.17, 15) is 10.1 Å². The quantitative estimate of drug-likeness (QED) is 0.767. The lowest BCUT2D eigenvalue weighted by Gasteiger charge is -2.31. The SMILES string of the molecule is CN(C)CCN(C)C(=O)CN1Cc2cc(C#N)ccc2NC[C@H]1Cc1ccccc1. The Balaban J connectivity index is 1.80. The maximum Gasteiger partial charge on any atom is 0.236 e. The highest BCUT2D eigenvalue weighted by Gasteiger charge is 2.27. The van der Waals surface area contributed by atoms with E-state index in [1.54, 1.807) is 0 Å². The average molecular weight is 406 g/mol. The first-order chi connectivity index (χ1) is 14.5. The Morgan fingerprint density at radius 1 is 1.17 bits per heavy atom. The number of carbonyl (C=O) groups is 1. The van der Waals surface area contributed by atoms with Crippen molar-refractivity contribution in [1.82, 2.24) is 14.7 Å². The topological polar surface area (TPSA) is 62.6 Å². The van der Waals surface area contributed by atoms with Gasteiger partial charge in [0.15, 0.2) is 0 Å². The first-order valence-electron chi connectivity index (χ1n) is 10.4. The highest BCUT2D eigenvalue weighted by atomic mass is 16.2. The maximum absolute atomic E-state index is 13.0. The van der Waals surface area contributed by atoms with Crippen LogP contribution in [-0.2, 0) is 17.8 Å². The standard InChI is InChI=1S/C24H31N5O/c1-27(2)11-12-28(3)24(30)18-29-17-21-13-20(15-25)9-10-23(21)26-16-22(29)14-19-7-5-4-6-8-19/h4-10,13,22,26H,11-12,14,16-18H2,1-3H3/t22-/m1/s1. The zero-order valence-electron chi connectivity index (χ0n) is 18.1. The molecule has 1 amide bonds. The molecule has 3 rings (SSSR count). The summed E-state index contributed by atoms with van der Waals surface area (Å²) in [5.41, 5.74) is 4.01. The van der Waals surface area contributed by atoms with E-state index in [1.807, 2.05) is 50.3 Å². The molecule has 0 bridgehead atoms. The predicted octanol–water partition coefficient (Wildman–Crippen LogP) is 2.42. The van der Waals surface area contributed by atoms with Crippen molar-refractivity contribution in [2.45, 2.75) is 19.0 Å². The molecule has 6 heteroatoms. The number of hydrogen-bond acceptors (Lipinski definition) is 5. The van der Waals surface area contributed by atoms with Crippen LogP contribution in [0.1, 0.15) is 16.7 Å². The van der Waals surface area contributed by atoms with Crippen molar-refractivity contribution in [3.8, 4) is 6.07 Å². The maximum atomic E-state index is 13.0. The first-order valence-corrected chi connectivity index (χ1v) is 10.4. The van der Waals surface area contributed by atoms with Crippen molar-refractivity contribution in [3.63, 3.8) is 0 Å². The third-order valence-electron chi connectivity index (χ3n) is 5.61. The van der Waals surface area contributed by atoms with E-state index in [0.717, 1.165) is 30.8 Å². The molecule has 0 saturated heterocycles. The number of carbonyl (C=O) groups excluding carboxylic acids is 1. The van der Waals surface area contributed by atoms with Crippen molar-refractivity contribution in [2.24, 2.45) is 0 Å². The van der Waals surface area contributed by atoms with E-state index in [0.29, 0.717) is 25.2 Å². The van der Waals surface area contributed by atoms with E-state index < -0.39 is 0 Å². The monoisotopic (exact) mass is 405 g/mol. The number of nitriles is 1. The molecule has 0 unspecified atom stereocenters. The van der Waals surface area contributed by atoms with E-state index in [4.69, 9.17) is 0 Å². The summed E-state index contributed by atoms with van der Waals surface area (Å²) in [6.07, 6.45) is 0.863. The zero-order chi connectivity index (χ0) is 21.5. The smallest absolute Gasteiger partial charge is 0.236 e. The van der Waals surface area contributed by atoms with Crippen LogP contribution >= 0.6 is 0 Å². The van der Waals surface area contributed by atoms with Gasteiger partial charge in [-0.25, -0.2) is 0 Å². The summed E-state index contributed by atoms with van der Waals surface area (Å²) < 4.78 is 0. The summed E-state index contributed by atoms with van der Waals surface area (Å²) in [6, 6.07) is 18.5. The number of rotatable bonds is 7. The molecule has 0 aromatic heterocycles. The van der Waals surface area contributed by atoms with Gasteiger partial charge in [-0.15, -0.1) is 0 Å². The van der Waals surface area contributed by atoms with Crippen molar-refractivity contribution in [2.75, 3.05) is 52.6 Å². The number of likely N-dealkylation sites (N-methyl/N-ethyl adjacent to an activating group) is 2. The number of benzene rings is 2. The minimum atomic E-state index is 0.120. The van der Waals surface area contributed by atoms with Crippen molar-refractivity contribution in [1.29, 1.82) is 5.26 Å². The van der Waals surface area contributed by atoms with Crippen LogP contribution in [0.25, 0.3) is 0 Å². The molecule has 1 N–H and O–H groups in total. The Morgan fingerprint density at radius 3 is 2.63 bits per heavy atom. The van der Waals surface area contributed by atoms with E-state index in [-0.39, 0.29) is 11.9 Å². The van der Waals surface area contributed by atoms with Gasteiger partial charge in [-0.3, -0.25) is 9.69 Å². The highest BCUT2D eigenvalue weighted by Crippen LogP contribution is 2.25. The second-order valence-corrected chi connectivity index (χ2v) is 8.23. The number of nitrogens with one attached hydrogen (secondary N) is 1. The fraction of sp³-hybridized carbons (Fsp3) is 0.417. The summed E-state index contributed by atoms with van der Waals surface area (Å²) in [7, 11) is 5.90. The molecule has 1 aliphatic rings. The molecule has 1 aliphatic heterocycles. The normalized spacial score (nSPS) is 16.3. The van der Waals surface area contributed by atoms with Crippen LogP contribution in [-0.4, -0.2) is 74.0 Å². The van der Waals surface area contributed by atoms with Crippen LogP contribution in [0.2, 0.25) is 0 Å². The fourth-order valence-electron chi connectivity index (χ4n) is 3.71. The number of fused-ring (bicyclic) bond motifs is 1. The Bertz CT molecular complexity index is 890. The van der Waals surface area contributed by atoms with Crippen LogP contribution in [0.15, 0.2) is 48.5 Å². The van der Waals surface area contributed by atoms with Gasteiger partial charge in [0.2, 0.25) is 5.91 Å². The zero-order valence-corrected chi connectivity index (χ0v) is 18.1. The van der Waals surface area contributed by atoms with E-state index in [2.05, 4.69) is 45.5 Å². The number of nitrogens with zero attached hydrogens (tertiary/aromatic N) is 4. The van der Waals surface area contributed by atoms with Crippen LogP contribution in [0.5, 0.6) is 0 Å². The highest BCUT2D eigenvalue weighted by molar-refractivity contribution is 5.78. The van der Waals surface area contributed by atoms with Crippen LogP contribution < -0.4 is 5.32 Å². The largest absolute Gasteiger partial charge is 0.383 e. The Morgan fingerprint density at radius 2 is 1.93 bits per heavy atom. The van der Waals surface area contributed by atoms with Gasteiger partial charge in [-0.05, 0) is 49.8 Å². The number of anilines is 1. The third-order valence-corrected chi connectivity index (χ3v) is 5.61. The third kappa shape index (κ3) is 5.82. The lowest BCUT2D eigenvalue weighted by Crippen LogP contribution is -2.46. The van der Waals surface area contributed by atoms with E-state index >= 15 is 0 Å². The Labute approximate surface area is 179 Å². The minimum absolute atomic E-state index is 0.120. The van der Waals surface area contributed by atoms with Gasteiger partial charge in [0, 0.05) is 45.0 Å². The van der Waals surface area contributed by atoms with Crippen LogP contribution in [0, 0.1) is 11.3 Å².